The fourth-order valence-electron chi connectivity index (χ4n) is 2.31. The summed E-state index contributed by atoms with van der Waals surface area (Å²) in [4.78, 5) is 12.5. The van der Waals surface area contributed by atoms with Crippen molar-refractivity contribution in [1.82, 2.24) is 0 Å². The van der Waals surface area contributed by atoms with Gasteiger partial charge >= 0.3 is 0 Å². The molecule has 3 aromatic rings. The van der Waals surface area contributed by atoms with Gasteiger partial charge < -0.3 is 24.1 Å². The maximum atomic E-state index is 12.5. The maximum Gasteiger partial charge on any atom is 0.205 e. The van der Waals surface area contributed by atoms with Crippen molar-refractivity contribution >= 4 is 21.9 Å². The van der Waals surface area contributed by atoms with E-state index in [0.717, 1.165) is 0 Å². The van der Waals surface area contributed by atoms with E-state index in [1.165, 1.54) is 38.5 Å². The molecule has 21 heavy (non-hydrogen) atoms. The van der Waals surface area contributed by atoms with Crippen molar-refractivity contribution in [2.75, 3.05) is 14.2 Å². The van der Waals surface area contributed by atoms with E-state index in [-0.39, 0.29) is 44.9 Å². The molecule has 0 aliphatic heterocycles. The first kappa shape index (κ1) is 13.1. The van der Waals surface area contributed by atoms with Gasteiger partial charge in [-0.25, -0.2) is 0 Å². The average Bonchev–Trinajstić information content (AvgIpc) is 2.48. The van der Waals surface area contributed by atoms with E-state index in [0.29, 0.717) is 0 Å². The predicted molar refractivity (Wildman–Crippen MR) is 76.4 cm³/mol. The van der Waals surface area contributed by atoms with Crippen LogP contribution in [-0.4, -0.2) is 24.4 Å². The molecule has 0 unspecified atom stereocenters. The van der Waals surface area contributed by atoms with Gasteiger partial charge in [-0.3, -0.25) is 4.79 Å². The van der Waals surface area contributed by atoms with Crippen molar-refractivity contribution in [3.8, 4) is 23.0 Å². The molecule has 6 heteroatoms. The number of benzene rings is 2. The third kappa shape index (κ3) is 1.76. The lowest BCUT2D eigenvalue weighted by molar-refractivity contribution is 0.350. The van der Waals surface area contributed by atoms with Gasteiger partial charge in [-0.05, 0) is 12.1 Å². The third-order valence-corrected chi connectivity index (χ3v) is 3.28. The zero-order valence-electron chi connectivity index (χ0n) is 11.3. The van der Waals surface area contributed by atoms with E-state index in [2.05, 4.69) is 0 Å². The zero-order valence-corrected chi connectivity index (χ0v) is 11.3. The summed E-state index contributed by atoms with van der Waals surface area (Å²) in [6, 6.07) is 5.73. The molecule has 1 aromatic heterocycles. The first-order chi connectivity index (χ1) is 10.1. The zero-order chi connectivity index (χ0) is 15.1. The molecule has 2 aromatic carbocycles. The average molecular weight is 288 g/mol. The molecular weight excluding hydrogens is 276 g/mol. The topological polar surface area (TPSA) is 89.1 Å². The highest BCUT2D eigenvalue weighted by Gasteiger charge is 2.21. The number of aromatic hydroxyl groups is 2. The Hall–Kier alpha value is -2.89. The van der Waals surface area contributed by atoms with Gasteiger partial charge in [0.25, 0.3) is 0 Å². The minimum atomic E-state index is -0.458. The van der Waals surface area contributed by atoms with Crippen LogP contribution in [0.3, 0.4) is 0 Å². The second kappa shape index (κ2) is 4.59. The molecule has 0 aliphatic carbocycles. The second-order valence-electron chi connectivity index (χ2n) is 4.42. The number of hydrogen-bond donors (Lipinski definition) is 2. The lowest BCUT2D eigenvalue weighted by Gasteiger charge is -2.11. The first-order valence-electron chi connectivity index (χ1n) is 6.11. The standard InChI is InChI=1S/C15H12O6/c1-19-10-6-9(17)11-12(18)7-4-3-5-8(16)13(7)21-15(11)14(10)20-2/h3-6,16-17H,1-2H3. The molecule has 0 saturated heterocycles. The number of hydrogen-bond acceptors (Lipinski definition) is 6. The number of rotatable bonds is 2. The number of ether oxygens (including phenoxy) is 2. The van der Waals surface area contributed by atoms with E-state index < -0.39 is 5.43 Å². The van der Waals surface area contributed by atoms with E-state index in [1.54, 1.807) is 0 Å². The van der Waals surface area contributed by atoms with Crippen molar-refractivity contribution in [2.24, 2.45) is 0 Å². The molecule has 0 saturated carbocycles. The monoisotopic (exact) mass is 288 g/mol. The summed E-state index contributed by atoms with van der Waals surface area (Å²) < 4.78 is 15.9. The molecule has 0 fully saturated rings. The summed E-state index contributed by atoms with van der Waals surface area (Å²) in [5.41, 5.74) is -0.407. The quantitative estimate of drug-likeness (QED) is 0.704. The molecular formula is C15H12O6. The molecule has 0 aliphatic rings. The van der Waals surface area contributed by atoms with Crippen LogP contribution in [-0.2, 0) is 0 Å². The van der Waals surface area contributed by atoms with Crippen molar-refractivity contribution in [3.63, 3.8) is 0 Å². The Balaban J connectivity index is 2.63. The van der Waals surface area contributed by atoms with E-state index in [9.17, 15) is 15.0 Å². The van der Waals surface area contributed by atoms with Gasteiger partial charge in [0.1, 0.15) is 11.1 Å². The van der Waals surface area contributed by atoms with Crippen LogP contribution in [0.4, 0.5) is 0 Å². The smallest absolute Gasteiger partial charge is 0.205 e. The number of para-hydroxylation sites is 1. The summed E-state index contributed by atoms with van der Waals surface area (Å²) in [5.74, 6) is -0.0505. The molecule has 1 heterocycles. The van der Waals surface area contributed by atoms with Crippen LogP contribution >= 0.6 is 0 Å². The largest absolute Gasteiger partial charge is 0.507 e. The van der Waals surface area contributed by atoms with Crippen LogP contribution < -0.4 is 14.9 Å². The van der Waals surface area contributed by atoms with E-state index in [4.69, 9.17) is 13.9 Å². The Labute approximate surface area is 118 Å². The first-order valence-corrected chi connectivity index (χ1v) is 6.11. The number of fused-ring (bicyclic) bond motifs is 2. The van der Waals surface area contributed by atoms with E-state index >= 15 is 0 Å². The van der Waals surface area contributed by atoms with Crippen molar-refractivity contribution in [3.05, 3.63) is 34.5 Å². The van der Waals surface area contributed by atoms with Crippen LogP contribution in [0.25, 0.3) is 21.9 Å². The minimum absolute atomic E-state index is 0.0216. The van der Waals surface area contributed by atoms with Crippen molar-refractivity contribution < 1.29 is 24.1 Å². The second-order valence-corrected chi connectivity index (χ2v) is 4.42. The van der Waals surface area contributed by atoms with Gasteiger partial charge in [-0.1, -0.05) is 6.07 Å². The summed E-state index contributed by atoms with van der Waals surface area (Å²) in [5, 5.41) is 20.1. The molecule has 0 amide bonds. The Kier molecular flexibility index (Phi) is 2.86. The van der Waals surface area contributed by atoms with Crippen LogP contribution in [0.5, 0.6) is 23.0 Å². The molecule has 0 bridgehead atoms. The number of methoxy groups -OCH3 is 2. The lowest BCUT2D eigenvalue weighted by atomic mass is 10.1. The molecule has 0 spiro atoms. The van der Waals surface area contributed by atoms with Crippen LogP contribution in [0, 0.1) is 0 Å². The Bertz CT molecular complexity index is 910. The highest BCUT2D eigenvalue weighted by atomic mass is 16.5. The van der Waals surface area contributed by atoms with Crippen LogP contribution in [0.1, 0.15) is 0 Å². The fraction of sp³-hybridized carbons (Fsp3) is 0.133. The third-order valence-electron chi connectivity index (χ3n) is 3.28. The predicted octanol–water partition coefficient (Wildman–Crippen LogP) is 2.37. The maximum absolute atomic E-state index is 12.5. The number of phenols is 2. The summed E-state index contributed by atoms with van der Waals surface area (Å²) in [6.45, 7) is 0. The highest BCUT2D eigenvalue weighted by molar-refractivity contribution is 5.98. The molecule has 0 radical (unpaired) electrons. The van der Waals surface area contributed by atoms with Crippen molar-refractivity contribution in [2.45, 2.75) is 0 Å². The normalized spacial score (nSPS) is 11.0. The van der Waals surface area contributed by atoms with Gasteiger partial charge in [0.2, 0.25) is 11.2 Å². The lowest BCUT2D eigenvalue weighted by Crippen LogP contribution is -2.04. The Morgan fingerprint density at radius 1 is 1.05 bits per heavy atom. The van der Waals surface area contributed by atoms with Gasteiger partial charge in [0, 0.05) is 6.07 Å². The SMILES string of the molecule is COc1cc(O)c2c(=O)c3cccc(O)c3oc2c1OC. The highest BCUT2D eigenvalue weighted by Crippen LogP contribution is 2.41. The van der Waals surface area contributed by atoms with Gasteiger partial charge in [-0.15, -0.1) is 0 Å². The fourth-order valence-corrected chi connectivity index (χ4v) is 2.31. The number of phenolic OH excluding ortho intramolecular Hbond substituents is 2. The minimum Gasteiger partial charge on any atom is -0.507 e. The Morgan fingerprint density at radius 2 is 1.81 bits per heavy atom. The van der Waals surface area contributed by atoms with E-state index in [1.807, 2.05) is 0 Å². The molecule has 108 valence electrons. The summed E-state index contributed by atoms with van der Waals surface area (Å²) in [6.07, 6.45) is 0. The van der Waals surface area contributed by atoms with Gasteiger partial charge in [0.05, 0.1) is 19.6 Å². The van der Waals surface area contributed by atoms with Crippen LogP contribution in [0.15, 0.2) is 33.5 Å². The molecule has 2 N–H and O–H groups in total. The Morgan fingerprint density at radius 3 is 2.48 bits per heavy atom. The summed E-state index contributed by atoms with van der Waals surface area (Å²) >= 11 is 0. The molecule has 3 rings (SSSR count). The van der Waals surface area contributed by atoms with Gasteiger partial charge in [0.15, 0.2) is 22.7 Å². The summed E-state index contributed by atoms with van der Waals surface area (Å²) in [7, 11) is 2.79. The molecule has 6 nitrogen and oxygen atoms in total. The van der Waals surface area contributed by atoms with Crippen LogP contribution in [0.2, 0.25) is 0 Å². The van der Waals surface area contributed by atoms with Gasteiger partial charge in [-0.2, -0.15) is 0 Å². The van der Waals surface area contributed by atoms with Crippen molar-refractivity contribution in [1.29, 1.82) is 0 Å². The molecule has 0 atom stereocenters.